The number of imide groups is 1. The van der Waals surface area contributed by atoms with Crippen LogP contribution in [0.5, 0.6) is 11.5 Å². The van der Waals surface area contributed by atoms with Gasteiger partial charge in [-0.2, -0.15) is 5.26 Å². The van der Waals surface area contributed by atoms with E-state index in [-0.39, 0.29) is 17.7 Å². The van der Waals surface area contributed by atoms with Crippen LogP contribution < -0.4 is 9.47 Å². The molecular weight excluding hydrogens is 575 g/mol. The van der Waals surface area contributed by atoms with Crippen LogP contribution in [0.3, 0.4) is 0 Å². The lowest BCUT2D eigenvalue weighted by Crippen LogP contribution is -2.27. The number of aryl methyl sites for hydroxylation is 1. The molecule has 0 N–H and O–H groups in total. The lowest BCUT2D eigenvalue weighted by atomic mass is 10.1. The average molecular weight is 596 g/mol. The fourth-order valence-corrected chi connectivity index (χ4v) is 5.27. The maximum absolute atomic E-state index is 13.0. The highest BCUT2D eigenvalue weighted by Gasteiger charge is 2.35. The molecule has 176 valence electrons. The largest absolute Gasteiger partial charge is 0.493 e. The molecule has 0 bridgehead atoms. The van der Waals surface area contributed by atoms with E-state index < -0.39 is 0 Å². The maximum Gasteiger partial charge on any atom is 0.293 e. The molecule has 1 saturated heterocycles. The highest BCUT2D eigenvalue weighted by molar-refractivity contribution is 14.1. The van der Waals surface area contributed by atoms with Gasteiger partial charge in [-0.15, -0.1) is 0 Å². The minimum atomic E-state index is -0.388. The third-order valence-corrected chi connectivity index (χ3v) is 7.06. The monoisotopic (exact) mass is 596 g/mol. The second kappa shape index (κ2) is 11.0. The summed E-state index contributed by atoms with van der Waals surface area (Å²) in [6.07, 6.45) is 1.68. The Bertz CT molecular complexity index is 1380. The van der Waals surface area contributed by atoms with Gasteiger partial charge in [-0.1, -0.05) is 48.0 Å². The number of rotatable bonds is 7. The molecule has 1 fully saturated rings. The SMILES string of the molecule is COc1cc(/C=C2/SC(=O)N(Cc3ccccc3C#N)C2=O)cc(I)c1OCc1cccc(C)c1. The van der Waals surface area contributed by atoms with Crippen LogP contribution in [0.15, 0.2) is 65.6 Å². The van der Waals surface area contributed by atoms with Gasteiger partial charge in [0.1, 0.15) is 6.61 Å². The smallest absolute Gasteiger partial charge is 0.293 e. The summed E-state index contributed by atoms with van der Waals surface area (Å²) in [5.74, 6) is 0.771. The van der Waals surface area contributed by atoms with Gasteiger partial charge in [0.05, 0.1) is 33.8 Å². The van der Waals surface area contributed by atoms with Crippen LogP contribution in [0.2, 0.25) is 0 Å². The number of amides is 2. The van der Waals surface area contributed by atoms with Crippen molar-refractivity contribution in [1.82, 2.24) is 4.90 Å². The number of hydrogen-bond donors (Lipinski definition) is 0. The molecule has 0 unspecified atom stereocenters. The van der Waals surface area contributed by atoms with Crippen LogP contribution in [0.25, 0.3) is 6.08 Å². The fourth-order valence-electron chi connectivity index (χ4n) is 3.65. The Hall–Kier alpha value is -3.29. The van der Waals surface area contributed by atoms with E-state index in [1.165, 1.54) is 0 Å². The number of nitriles is 1. The summed E-state index contributed by atoms with van der Waals surface area (Å²) in [5, 5.41) is 8.94. The predicted molar refractivity (Wildman–Crippen MR) is 144 cm³/mol. The summed E-state index contributed by atoms with van der Waals surface area (Å²) in [6, 6.07) is 20.8. The van der Waals surface area contributed by atoms with Gasteiger partial charge in [0.25, 0.3) is 11.1 Å². The molecule has 2 amide bonds. The van der Waals surface area contributed by atoms with E-state index in [0.29, 0.717) is 34.1 Å². The number of hydrogen-bond acceptors (Lipinski definition) is 6. The molecule has 0 spiro atoms. The van der Waals surface area contributed by atoms with Crippen molar-refractivity contribution in [2.75, 3.05) is 7.11 Å². The molecule has 3 aromatic rings. The normalized spacial score (nSPS) is 14.3. The number of thioether (sulfide) groups is 1. The molecule has 3 aromatic carbocycles. The van der Waals surface area contributed by atoms with Crippen molar-refractivity contribution < 1.29 is 19.1 Å². The van der Waals surface area contributed by atoms with Gasteiger partial charge in [0.15, 0.2) is 11.5 Å². The molecule has 0 atom stereocenters. The first-order chi connectivity index (χ1) is 16.9. The Labute approximate surface area is 221 Å². The zero-order valence-corrected chi connectivity index (χ0v) is 22.1. The van der Waals surface area contributed by atoms with Crippen LogP contribution in [-0.4, -0.2) is 23.2 Å². The van der Waals surface area contributed by atoms with Crippen LogP contribution in [0.4, 0.5) is 4.79 Å². The van der Waals surface area contributed by atoms with Crippen molar-refractivity contribution in [2.45, 2.75) is 20.1 Å². The third kappa shape index (κ3) is 5.69. The number of ether oxygens (including phenoxy) is 2. The molecular formula is C27H21IN2O4S. The number of carbonyl (C=O) groups is 2. The first-order valence-electron chi connectivity index (χ1n) is 10.7. The number of carbonyl (C=O) groups excluding carboxylic acids is 2. The van der Waals surface area contributed by atoms with Crippen molar-refractivity contribution in [3.63, 3.8) is 0 Å². The number of methoxy groups -OCH3 is 1. The predicted octanol–water partition coefficient (Wildman–Crippen LogP) is 6.30. The zero-order valence-electron chi connectivity index (χ0n) is 19.1. The minimum absolute atomic E-state index is 0.0539. The van der Waals surface area contributed by atoms with Crippen LogP contribution in [0, 0.1) is 21.8 Å². The van der Waals surface area contributed by atoms with E-state index in [0.717, 1.165) is 36.9 Å². The molecule has 1 aliphatic heterocycles. The molecule has 4 rings (SSSR count). The van der Waals surface area contributed by atoms with Gasteiger partial charge < -0.3 is 9.47 Å². The van der Waals surface area contributed by atoms with Crippen molar-refractivity contribution in [3.8, 4) is 17.6 Å². The Kier molecular flexibility index (Phi) is 7.78. The first kappa shape index (κ1) is 24.8. The molecule has 1 aliphatic rings. The minimum Gasteiger partial charge on any atom is -0.493 e. The highest BCUT2D eigenvalue weighted by atomic mass is 127. The second-order valence-electron chi connectivity index (χ2n) is 7.85. The highest BCUT2D eigenvalue weighted by Crippen LogP contribution is 2.38. The summed E-state index contributed by atoms with van der Waals surface area (Å²) in [6.45, 7) is 2.49. The molecule has 0 aliphatic carbocycles. The van der Waals surface area contributed by atoms with E-state index in [1.54, 1.807) is 43.5 Å². The van der Waals surface area contributed by atoms with E-state index >= 15 is 0 Å². The van der Waals surface area contributed by atoms with Gasteiger partial charge in [-0.05, 0) is 82.2 Å². The summed E-state index contributed by atoms with van der Waals surface area (Å²) in [4.78, 5) is 27.0. The van der Waals surface area contributed by atoms with Gasteiger partial charge in [-0.3, -0.25) is 14.5 Å². The first-order valence-corrected chi connectivity index (χ1v) is 12.6. The molecule has 6 nitrogen and oxygen atoms in total. The van der Waals surface area contributed by atoms with Gasteiger partial charge in [-0.25, -0.2) is 0 Å². The Morgan fingerprint density at radius 3 is 2.66 bits per heavy atom. The topological polar surface area (TPSA) is 79.6 Å². The van der Waals surface area contributed by atoms with Crippen LogP contribution in [-0.2, 0) is 17.9 Å². The number of benzene rings is 3. The second-order valence-corrected chi connectivity index (χ2v) is 10.0. The van der Waals surface area contributed by atoms with E-state index in [1.807, 2.05) is 31.2 Å². The maximum atomic E-state index is 13.0. The Morgan fingerprint density at radius 1 is 1.11 bits per heavy atom. The van der Waals surface area contributed by atoms with Crippen molar-refractivity contribution in [2.24, 2.45) is 0 Å². The Balaban J connectivity index is 1.55. The van der Waals surface area contributed by atoms with Gasteiger partial charge >= 0.3 is 0 Å². The van der Waals surface area contributed by atoms with Crippen molar-refractivity contribution in [3.05, 3.63) is 97.0 Å². The van der Waals surface area contributed by atoms with Gasteiger partial charge in [0.2, 0.25) is 0 Å². The zero-order chi connectivity index (χ0) is 24.9. The Morgan fingerprint density at radius 2 is 1.91 bits per heavy atom. The standard InChI is InChI=1S/C27H21IN2O4S/c1-17-6-5-7-18(10-17)16-34-25-22(28)11-19(12-23(25)33-2)13-24-26(31)30(27(32)35-24)15-21-9-4-3-8-20(21)14-29/h3-13H,15-16H2,1-2H3/b24-13+. The van der Waals surface area contributed by atoms with Gasteiger partial charge in [0, 0.05) is 0 Å². The average Bonchev–Trinajstić information content (AvgIpc) is 3.10. The molecule has 8 heteroatoms. The molecule has 0 aromatic heterocycles. The summed E-state index contributed by atoms with van der Waals surface area (Å²) < 4.78 is 12.4. The summed E-state index contributed by atoms with van der Waals surface area (Å²) in [7, 11) is 1.56. The van der Waals surface area contributed by atoms with E-state index in [9.17, 15) is 14.9 Å². The third-order valence-electron chi connectivity index (χ3n) is 5.36. The molecule has 0 radical (unpaired) electrons. The lowest BCUT2D eigenvalue weighted by Gasteiger charge is -2.14. The van der Waals surface area contributed by atoms with Crippen LogP contribution in [0.1, 0.15) is 27.8 Å². The van der Waals surface area contributed by atoms with Crippen molar-refractivity contribution >= 4 is 51.6 Å². The van der Waals surface area contributed by atoms with E-state index in [2.05, 4.69) is 34.7 Å². The quantitative estimate of drug-likeness (QED) is 0.236. The summed E-state index contributed by atoms with van der Waals surface area (Å²) >= 11 is 3.06. The summed E-state index contributed by atoms with van der Waals surface area (Å²) in [5.41, 5.74) is 4.00. The fraction of sp³-hybridized carbons (Fsp3) is 0.148. The van der Waals surface area contributed by atoms with E-state index in [4.69, 9.17) is 9.47 Å². The number of nitrogens with zero attached hydrogens (tertiary/aromatic N) is 2. The molecule has 35 heavy (non-hydrogen) atoms. The molecule has 0 saturated carbocycles. The van der Waals surface area contributed by atoms with Crippen molar-refractivity contribution in [1.29, 1.82) is 5.26 Å². The lowest BCUT2D eigenvalue weighted by molar-refractivity contribution is -0.123. The van der Waals surface area contributed by atoms with Crippen LogP contribution >= 0.6 is 34.4 Å². The molecule has 1 heterocycles. The number of halogens is 1.